The van der Waals surface area contributed by atoms with Gasteiger partial charge in [0.15, 0.2) is 0 Å². The first kappa shape index (κ1) is 13.6. The minimum atomic E-state index is -1.45. The molecule has 0 saturated heterocycles. The minimum Gasteiger partial charge on any atom is -0.485 e. The van der Waals surface area contributed by atoms with Crippen molar-refractivity contribution in [2.75, 3.05) is 0 Å². The Kier molecular flexibility index (Phi) is 4.20. The summed E-state index contributed by atoms with van der Waals surface area (Å²) < 4.78 is 49.9. The molecule has 1 aromatic rings. The average Bonchev–Trinajstić information content (AvgIpc) is 2.20. The van der Waals surface area contributed by atoms with Crippen molar-refractivity contribution in [1.29, 1.82) is 0 Å². The Balaban J connectivity index is 3.22. The third-order valence-electron chi connectivity index (χ3n) is 1.67. The van der Waals surface area contributed by atoms with Crippen molar-refractivity contribution in [3.05, 3.63) is 17.6 Å². The summed E-state index contributed by atoms with van der Waals surface area (Å²) in [6.45, 7) is 6.37. The molecule has 0 spiro atoms. The molecule has 96 valence electrons. The highest BCUT2D eigenvalue weighted by Gasteiger charge is 2.24. The standard InChI is InChI=1S/C11H14F3NO2/c1-5(2)16-9-7(12)10(14)15-11(8(9)13)17-6(3)4/h5-6H,1-4H3. The lowest BCUT2D eigenvalue weighted by atomic mass is 10.3. The molecule has 0 aliphatic rings. The second kappa shape index (κ2) is 5.25. The summed E-state index contributed by atoms with van der Waals surface area (Å²) in [4.78, 5) is 3.06. The Hall–Kier alpha value is -1.46. The first-order valence-electron chi connectivity index (χ1n) is 5.20. The van der Waals surface area contributed by atoms with Crippen molar-refractivity contribution in [1.82, 2.24) is 4.98 Å². The van der Waals surface area contributed by atoms with Gasteiger partial charge in [-0.2, -0.15) is 18.2 Å². The maximum absolute atomic E-state index is 13.7. The van der Waals surface area contributed by atoms with Crippen LogP contribution in [0, 0.1) is 17.6 Å². The van der Waals surface area contributed by atoms with E-state index in [2.05, 4.69) is 4.98 Å². The smallest absolute Gasteiger partial charge is 0.257 e. The fourth-order valence-electron chi connectivity index (χ4n) is 1.11. The van der Waals surface area contributed by atoms with Gasteiger partial charge in [-0.1, -0.05) is 0 Å². The predicted octanol–water partition coefficient (Wildman–Crippen LogP) is 3.07. The quantitative estimate of drug-likeness (QED) is 0.768. The maximum Gasteiger partial charge on any atom is 0.257 e. The van der Waals surface area contributed by atoms with Gasteiger partial charge in [-0.15, -0.1) is 0 Å². The molecule has 17 heavy (non-hydrogen) atoms. The molecule has 0 bridgehead atoms. The summed E-state index contributed by atoms with van der Waals surface area (Å²) in [6, 6.07) is 0. The van der Waals surface area contributed by atoms with Crippen LogP contribution in [0.15, 0.2) is 0 Å². The van der Waals surface area contributed by atoms with Crippen molar-refractivity contribution in [3.8, 4) is 11.6 Å². The zero-order chi connectivity index (χ0) is 13.2. The third-order valence-corrected chi connectivity index (χ3v) is 1.67. The molecule has 0 aliphatic carbocycles. The molecule has 0 unspecified atom stereocenters. The van der Waals surface area contributed by atoms with Crippen molar-refractivity contribution in [3.63, 3.8) is 0 Å². The normalized spacial score (nSPS) is 11.1. The van der Waals surface area contributed by atoms with Crippen LogP contribution in [-0.2, 0) is 0 Å². The number of rotatable bonds is 4. The Morgan fingerprint density at radius 1 is 0.882 bits per heavy atom. The third kappa shape index (κ3) is 3.25. The zero-order valence-corrected chi connectivity index (χ0v) is 10.1. The molecule has 1 rings (SSSR count). The highest BCUT2D eigenvalue weighted by molar-refractivity contribution is 5.32. The van der Waals surface area contributed by atoms with Crippen LogP contribution in [0.4, 0.5) is 13.2 Å². The molecule has 0 N–H and O–H groups in total. The summed E-state index contributed by atoms with van der Waals surface area (Å²) in [6.07, 6.45) is -0.901. The Morgan fingerprint density at radius 3 is 1.88 bits per heavy atom. The molecule has 0 saturated carbocycles. The monoisotopic (exact) mass is 249 g/mol. The van der Waals surface area contributed by atoms with Gasteiger partial charge in [0.1, 0.15) is 0 Å². The van der Waals surface area contributed by atoms with Gasteiger partial charge < -0.3 is 9.47 Å². The minimum absolute atomic E-state index is 0.409. The highest BCUT2D eigenvalue weighted by Crippen LogP contribution is 2.30. The molecule has 1 aromatic heterocycles. The Bertz CT molecular complexity index is 408. The number of halogens is 3. The predicted molar refractivity (Wildman–Crippen MR) is 55.6 cm³/mol. The topological polar surface area (TPSA) is 31.4 Å². The largest absolute Gasteiger partial charge is 0.485 e. The SMILES string of the molecule is CC(C)Oc1nc(F)c(F)c(OC(C)C)c1F. The van der Waals surface area contributed by atoms with E-state index in [4.69, 9.17) is 9.47 Å². The number of nitrogens with zero attached hydrogens (tertiary/aromatic N) is 1. The van der Waals surface area contributed by atoms with Gasteiger partial charge in [0.2, 0.25) is 17.4 Å². The van der Waals surface area contributed by atoms with E-state index in [1.54, 1.807) is 27.7 Å². The average molecular weight is 249 g/mol. The van der Waals surface area contributed by atoms with E-state index in [0.717, 1.165) is 0 Å². The number of hydrogen-bond donors (Lipinski definition) is 0. The summed E-state index contributed by atoms with van der Waals surface area (Å²) in [7, 11) is 0. The lowest BCUT2D eigenvalue weighted by Crippen LogP contribution is -2.14. The van der Waals surface area contributed by atoms with E-state index in [0.29, 0.717) is 0 Å². The van der Waals surface area contributed by atoms with Crippen LogP contribution >= 0.6 is 0 Å². The van der Waals surface area contributed by atoms with Gasteiger partial charge in [-0.05, 0) is 27.7 Å². The van der Waals surface area contributed by atoms with E-state index in [1.807, 2.05) is 0 Å². The number of aromatic nitrogens is 1. The summed E-state index contributed by atoms with van der Waals surface area (Å²) in [5, 5.41) is 0. The molecule has 1 heterocycles. The van der Waals surface area contributed by atoms with Crippen LogP contribution in [0.25, 0.3) is 0 Å². The Morgan fingerprint density at radius 2 is 1.41 bits per heavy atom. The zero-order valence-electron chi connectivity index (χ0n) is 10.1. The maximum atomic E-state index is 13.7. The fraction of sp³-hybridized carbons (Fsp3) is 0.545. The van der Waals surface area contributed by atoms with Gasteiger partial charge in [0.25, 0.3) is 11.8 Å². The second-order valence-electron chi connectivity index (χ2n) is 4.00. The van der Waals surface area contributed by atoms with Gasteiger partial charge in [-0.25, -0.2) is 0 Å². The molecule has 0 radical (unpaired) electrons. The van der Waals surface area contributed by atoms with Gasteiger partial charge in [-0.3, -0.25) is 0 Å². The fourth-order valence-corrected chi connectivity index (χ4v) is 1.11. The Labute approximate surface area is 97.6 Å². The van der Waals surface area contributed by atoms with Crippen LogP contribution < -0.4 is 9.47 Å². The van der Waals surface area contributed by atoms with Gasteiger partial charge >= 0.3 is 0 Å². The molecule has 0 amide bonds. The second-order valence-corrected chi connectivity index (χ2v) is 4.00. The first-order chi connectivity index (χ1) is 7.82. The molecule has 0 fully saturated rings. The highest BCUT2D eigenvalue weighted by atomic mass is 19.2. The van der Waals surface area contributed by atoms with Gasteiger partial charge in [0.05, 0.1) is 12.2 Å². The van der Waals surface area contributed by atoms with Crippen LogP contribution in [-0.4, -0.2) is 17.2 Å². The summed E-state index contributed by atoms with van der Waals surface area (Å²) >= 11 is 0. The summed E-state index contributed by atoms with van der Waals surface area (Å²) in [5.74, 6) is -5.44. The van der Waals surface area contributed by atoms with Gasteiger partial charge in [0, 0.05) is 0 Å². The molecule has 0 aromatic carbocycles. The summed E-state index contributed by atoms with van der Waals surface area (Å²) in [5.41, 5.74) is 0. The molecule has 3 nitrogen and oxygen atoms in total. The lowest BCUT2D eigenvalue weighted by Gasteiger charge is -2.15. The van der Waals surface area contributed by atoms with E-state index in [-0.39, 0.29) is 0 Å². The van der Waals surface area contributed by atoms with Crippen molar-refractivity contribution in [2.45, 2.75) is 39.9 Å². The number of pyridine rings is 1. The lowest BCUT2D eigenvalue weighted by molar-refractivity contribution is 0.187. The molecular weight excluding hydrogens is 235 g/mol. The molecule has 0 aliphatic heterocycles. The van der Waals surface area contributed by atoms with E-state index in [1.165, 1.54) is 0 Å². The van der Waals surface area contributed by atoms with E-state index in [9.17, 15) is 13.2 Å². The molecule has 0 atom stereocenters. The van der Waals surface area contributed by atoms with E-state index < -0.39 is 41.4 Å². The van der Waals surface area contributed by atoms with Crippen LogP contribution in [0.1, 0.15) is 27.7 Å². The van der Waals surface area contributed by atoms with Crippen molar-refractivity contribution < 1.29 is 22.6 Å². The molecule has 6 heteroatoms. The first-order valence-corrected chi connectivity index (χ1v) is 5.20. The molecular formula is C11H14F3NO2. The van der Waals surface area contributed by atoms with Crippen LogP contribution in [0.2, 0.25) is 0 Å². The number of ether oxygens (including phenoxy) is 2. The van der Waals surface area contributed by atoms with Crippen molar-refractivity contribution in [2.24, 2.45) is 0 Å². The van der Waals surface area contributed by atoms with E-state index >= 15 is 0 Å². The number of hydrogen-bond acceptors (Lipinski definition) is 3. The van der Waals surface area contributed by atoms with Crippen molar-refractivity contribution >= 4 is 0 Å². The van der Waals surface area contributed by atoms with Crippen LogP contribution in [0.3, 0.4) is 0 Å². The van der Waals surface area contributed by atoms with Crippen LogP contribution in [0.5, 0.6) is 11.6 Å².